The molecule has 0 radical (unpaired) electrons. The number of nitrogens with one attached hydrogen (secondary N) is 2. The molecule has 23 heavy (non-hydrogen) atoms. The van der Waals surface area contributed by atoms with Crippen LogP contribution in [0.5, 0.6) is 0 Å². The number of benzene rings is 1. The molecule has 128 valence electrons. The van der Waals surface area contributed by atoms with E-state index in [0.717, 1.165) is 18.5 Å². The number of hydrogen-bond donors (Lipinski definition) is 3. The third-order valence-electron chi connectivity index (χ3n) is 3.30. The van der Waals surface area contributed by atoms with Gasteiger partial charge in [-0.05, 0) is 69.1 Å². The molecule has 0 heterocycles. The highest BCUT2D eigenvalue weighted by molar-refractivity contribution is 5.71. The fourth-order valence-corrected chi connectivity index (χ4v) is 2.16. The molecule has 5 heteroatoms. The van der Waals surface area contributed by atoms with Gasteiger partial charge in [0.2, 0.25) is 6.41 Å². The van der Waals surface area contributed by atoms with Gasteiger partial charge in [0.25, 0.3) is 0 Å². The van der Waals surface area contributed by atoms with Gasteiger partial charge in [-0.3, -0.25) is 9.79 Å². The topological polar surface area (TPSA) is 79.5 Å². The molecule has 1 amide bonds. The van der Waals surface area contributed by atoms with Gasteiger partial charge in [0.15, 0.2) is 0 Å². The van der Waals surface area contributed by atoms with E-state index in [4.69, 9.17) is 0 Å². The molecule has 0 aliphatic rings. The molecular weight excluding hydrogens is 288 g/mol. The molecular formula is C18H30N4O. The Kier molecular flexibility index (Phi) is 13.4. The van der Waals surface area contributed by atoms with Crippen LogP contribution in [0.1, 0.15) is 36.8 Å². The van der Waals surface area contributed by atoms with Crippen molar-refractivity contribution in [2.24, 2.45) is 10.7 Å². The first kappa shape index (κ1) is 20.9. The summed E-state index contributed by atoms with van der Waals surface area (Å²) in [6.45, 7) is 2.09. The first-order chi connectivity index (χ1) is 11.3. The maximum atomic E-state index is 10.4. The number of aliphatic imine (C=N–C) groups is 1. The molecule has 0 atom stereocenters. The van der Waals surface area contributed by atoms with E-state index in [2.05, 4.69) is 40.4 Å². The van der Waals surface area contributed by atoms with Gasteiger partial charge >= 0.3 is 0 Å². The van der Waals surface area contributed by atoms with E-state index in [-0.39, 0.29) is 0 Å². The molecule has 0 aromatic heterocycles. The predicted octanol–water partition coefficient (Wildman–Crippen LogP) is 3.00. The normalized spacial score (nSPS) is 10.4. The number of unbranched alkanes of at least 4 members (excludes halogenated alkanes) is 3. The van der Waals surface area contributed by atoms with Crippen LogP contribution in [0, 0.1) is 6.92 Å². The Morgan fingerprint density at radius 2 is 2.00 bits per heavy atom. The number of carbonyl (C=O) groups excluding carboxylic acids is 1. The van der Waals surface area contributed by atoms with Crippen LogP contribution in [-0.2, 0) is 11.2 Å². The third-order valence-corrected chi connectivity index (χ3v) is 3.30. The van der Waals surface area contributed by atoms with Crippen LogP contribution in [0.15, 0.2) is 35.5 Å². The van der Waals surface area contributed by atoms with Crippen LogP contribution in [0.3, 0.4) is 0 Å². The van der Waals surface area contributed by atoms with Crippen molar-refractivity contribution < 1.29 is 4.79 Å². The summed E-state index contributed by atoms with van der Waals surface area (Å²) in [4.78, 5) is 14.2. The van der Waals surface area contributed by atoms with Crippen LogP contribution in [0.4, 0.5) is 5.69 Å². The molecule has 4 N–H and O–H groups in total. The average Bonchev–Trinajstić information content (AvgIpc) is 2.57. The molecule has 1 rings (SSSR count). The second-order valence-electron chi connectivity index (χ2n) is 4.96. The van der Waals surface area contributed by atoms with Crippen LogP contribution in [0.2, 0.25) is 0 Å². The summed E-state index contributed by atoms with van der Waals surface area (Å²) in [5.74, 6) is 0. The summed E-state index contributed by atoms with van der Waals surface area (Å²) in [6, 6.07) is 6.09. The Hall–Kier alpha value is -2.14. The van der Waals surface area contributed by atoms with E-state index < -0.39 is 0 Å². The van der Waals surface area contributed by atoms with E-state index >= 15 is 0 Å². The first-order valence-electron chi connectivity index (χ1n) is 7.97. The Morgan fingerprint density at radius 1 is 1.22 bits per heavy atom. The number of anilines is 1. The summed E-state index contributed by atoms with van der Waals surface area (Å²) in [7, 11) is 3.24. The number of hydrogen-bond acceptors (Lipinski definition) is 3. The number of amides is 1. The zero-order valence-corrected chi connectivity index (χ0v) is 14.5. The van der Waals surface area contributed by atoms with Crippen LogP contribution >= 0.6 is 0 Å². The summed E-state index contributed by atoms with van der Waals surface area (Å²) in [5.41, 5.74) is 7.96. The molecule has 0 spiro atoms. The first-order valence-corrected chi connectivity index (χ1v) is 7.97. The predicted molar refractivity (Wildman–Crippen MR) is 99.8 cm³/mol. The second-order valence-corrected chi connectivity index (χ2v) is 4.96. The summed E-state index contributed by atoms with van der Waals surface area (Å²) in [6.07, 6.45) is 12.2. The molecule has 1 aromatic rings. The highest BCUT2D eigenvalue weighted by Gasteiger charge is 2.00. The number of allylic oxidation sites excluding steroid dienone is 1. The molecule has 0 saturated carbocycles. The van der Waals surface area contributed by atoms with E-state index in [1.807, 2.05) is 18.3 Å². The molecule has 0 unspecified atom stereocenters. The second kappa shape index (κ2) is 14.8. The van der Waals surface area contributed by atoms with Crippen molar-refractivity contribution in [3.05, 3.63) is 41.6 Å². The minimum absolute atomic E-state index is 0.711. The van der Waals surface area contributed by atoms with Gasteiger partial charge in [-0.25, -0.2) is 0 Å². The van der Waals surface area contributed by atoms with Crippen molar-refractivity contribution in [1.82, 2.24) is 5.32 Å². The standard InChI is InChI=1S/C17H25N3O.CH5N/c1-15-12-17(20-14-21)10-9-16(15)8-6-4-3-5-7-11-19-13-18-2;1-2/h7,9-14H,3-6,8H2,1-2H3,(H,18,19)(H,20,21);2H2,1H3/b11-7+;. The lowest BCUT2D eigenvalue weighted by Crippen LogP contribution is -1.99. The lowest BCUT2D eigenvalue weighted by atomic mass is 10.0. The van der Waals surface area contributed by atoms with Crippen LogP contribution in [-0.4, -0.2) is 26.8 Å². The van der Waals surface area contributed by atoms with Gasteiger partial charge in [0.1, 0.15) is 0 Å². The van der Waals surface area contributed by atoms with Gasteiger partial charge in [-0.2, -0.15) is 0 Å². The van der Waals surface area contributed by atoms with Crippen LogP contribution < -0.4 is 16.4 Å². The Labute approximate surface area is 140 Å². The van der Waals surface area contributed by atoms with Crippen molar-refractivity contribution in [1.29, 1.82) is 0 Å². The molecule has 5 nitrogen and oxygen atoms in total. The lowest BCUT2D eigenvalue weighted by Gasteiger charge is -2.07. The number of aryl methyl sites for hydroxylation is 2. The van der Waals surface area contributed by atoms with Gasteiger partial charge < -0.3 is 16.4 Å². The highest BCUT2D eigenvalue weighted by Crippen LogP contribution is 2.17. The zero-order valence-electron chi connectivity index (χ0n) is 14.5. The average molecular weight is 318 g/mol. The van der Waals surface area contributed by atoms with Crippen molar-refractivity contribution in [2.45, 2.75) is 39.0 Å². The van der Waals surface area contributed by atoms with Gasteiger partial charge in [0.05, 0.1) is 6.34 Å². The fraction of sp³-hybridized carbons (Fsp3) is 0.444. The third kappa shape index (κ3) is 10.3. The maximum Gasteiger partial charge on any atom is 0.211 e. The van der Waals surface area contributed by atoms with Crippen molar-refractivity contribution in [3.63, 3.8) is 0 Å². The van der Waals surface area contributed by atoms with Crippen LogP contribution in [0.25, 0.3) is 0 Å². The largest absolute Gasteiger partial charge is 0.353 e. The van der Waals surface area contributed by atoms with Crippen molar-refractivity contribution in [3.8, 4) is 0 Å². The Morgan fingerprint density at radius 3 is 2.65 bits per heavy atom. The number of nitrogens with two attached hydrogens (primary N) is 1. The van der Waals surface area contributed by atoms with E-state index in [1.54, 1.807) is 13.4 Å². The van der Waals surface area contributed by atoms with Gasteiger partial charge in [-0.1, -0.05) is 18.6 Å². The Balaban J connectivity index is 0.00000232. The van der Waals surface area contributed by atoms with E-state index in [0.29, 0.717) is 6.41 Å². The van der Waals surface area contributed by atoms with Gasteiger partial charge in [-0.15, -0.1) is 0 Å². The summed E-state index contributed by atoms with van der Waals surface area (Å²) < 4.78 is 0. The number of nitrogens with zero attached hydrogens (tertiary/aromatic N) is 1. The molecule has 0 saturated heterocycles. The lowest BCUT2D eigenvalue weighted by molar-refractivity contribution is -0.105. The molecule has 0 fully saturated rings. The maximum absolute atomic E-state index is 10.4. The minimum Gasteiger partial charge on any atom is -0.353 e. The summed E-state index contributed by atoms with van der Waals surface area (Å²) >= 11 is 0. The molecule has 0 aliphatic heterocycles. The monoisotopic (exact) mass is 318 g/mol. The van der Waals surface area contributed by atoms with Gasteiger partial charge in [0, 0.05) is 12.7 Å². The van der Waals surface area contributed by atoms with E-state index in [1.165, 1.54) is 37.4 Å². The molecule has 0 bridgehead atoms. The number of carbonyl (C=O) groups is 1. The number of rotatable bonds is 10. The zero-order chi connectivity index (χ0) is 17.3. The minimum atomic E-state index is 0.711. The summed E-state index contributed by atoms with van der Waals surface area (Å²) in [5, 5.41) is 5.65. The van der Waals surface area contributed by atoms with Crippen molar-refractivity contribution >= 4 is 18.4 Å². The fourth-order valence-electron chi connectivity index (χ4n) is 2.16. The van der Waals surface area contributed by atoms with Crippen molar-refractivity contribution in [2.75, 3.05) is 19.4 Å². The van der Waals surface area contributed by atoms with E-state index in [9.17, 15) is 4.79 Å². The quantitative estimate of drug-likeness (QED) is 0.268. The molecule has 0 aliphatic carbocycles. The molecule has 1 aromatic carbocycles. The smallest absolute Gasteiger partial charge is 0.211 e. The highest BCUT2D eigenvalue weighted by atomic mass is 16.1. The Bertz CT molecular complexity index is 484. The SMILES string of the molecule is CN.CN=CN/C=C/CCCCCc1ccc(NC=O)cc1C.